The summed E-state index contributed by atoms with van der Waals surface area (Å²) in [5.74, 6) is -0.909. The van der Waals surface area contributed by atoms with Crippen molar-refractivity contribution in [3.8, 4) is 0 Å². The van der Waals surface area contributed by atoms with Gasteiger partial charge in [0.2, 0.25) is 0 Å². The molecule has 0 aliphatic heterocycles. The molecule has 1 N–H and O–H groups in total. The van der Waals surface area contributed by atoms with E-state index in [0.717, 1.165) is 6.07 Å². The van der Waals surface area contributed by atoms with Gasteiger partial charge in [0.1, 0.15) is 17.8 Å². The predicted molar refractivity (Wildman–Crippen MR) is 58.6 cm³/mol. The zero-order valence-corrected chi connectivity index (χ0v) is 9.49. The Hall–Kier alpha value is -1.69. The van der Waals surface area contributed by atoms with Crippen molar-refractivity contribution in [2.45, 2.75) is 0 Å². The Kier molecular flexibility index (Phi) is 3.00. The number of aromatic nitrogens is 1. The molecular formula is C10H6BrFN2O2. The van der Waals surface area contributed by atoms with Gasteiger partial charge in [0.15, 0.2) is 0 Å². The largest absolute Gasteiger partial charge is 0.363 e. The van der Waals surface area contributed by atoms with Crippen LogP contribution in [0.2, 0.25) is 0 Å². The molecule has 2 aromatic rings. The molecule has 0 saturated heterocycles. The van der Waals surface area contributed by atoms with E-state index < -0.39 is 11.7 Å². The third kappa shape index (κ3) is 2.27. The fraction of sp³-hybridized carbons (Fsp3) is 0. The Morgan fingerprint density at radius 3 is 3.00 bits per heavy atom. The zero-order chi connectivity index (χ0) is 11.5. The minimum atomic E-state index is -0.473. The van der Waals surface area contributed by atoms with Crippen LogP contribution in [0.15, 0.2) is 39.7 Å². The van der Waals surface area contributed by atoms with Crippen LogP contribution >= 0.6 is 15.9 Å². The lowest BCUT2D eigenvalue weighted by atomic mass is 10.2. The summed E-state index contributed by atoms with van der Waals surface area (Å²) in [7, 11) is 0. The summed E-state index contributed by atoms with van der Waals surface area (Å²) in [5, 5.41) is 5.95. The van der Waals surface area contributed by atoms with Crippen LogP contribution in [0.25, 0.3) is 0 Å². The molecule has 0 radical (unpaired) electrons. The summed E-state index contributed by atoms with van der Waals surface area (Å²) in [6.45, 7) is 0. The van der Waals surface area contributed by atoms with Crippen molar-refractivity contribution in [3.05, 3.63) is 46.5 Å². The molecular weight excluding hydrogens is 279 g/mol. The molecule has 0 aliphatic carbocycles. The fourth-order valence-corrected chi connectivity index (χ4v) is 1.56. The van der Waals surface area contributed by atoms with Gasteiger partial charge in [-0.15, -0.1) is 0 Å². The molecule has 0 atom stereocenters. The van der Waals surface area contributed by atoms with E-state index >= 15 is 0 Å². The number of anilines is 1. The molecule has 0 spiro atoms. The molecule has 1 heterocycles. The average molecular weight is 285 g/mol. The second-order valence-corrected chi connectivity index (χ2v) is 3.85. The molecule has 6 heteroatoms. The number of nitrogens with one attached hydrogen (secondary N) is 1. The Labute approximate surface area is 98.6 Å². The van der Waals surface area contributed by atoms with E-state index in [-0.39, 0.29) is 5.56 Å². The lowest BCUT2D eigenvalue weighted by Gasteiger charge is -2.04. The minimum Gasteiger partial charge on any atom is -0.363 e. The molecule has 0 bridgehead atoms. The smallest absolute Gasteiger partial charge is 0.257 e. The number of carbonyl (C=O) groups is 1. The first-order valence-corrected chi connectivity index (χ1v) is 5.12. The van der Waals surface area contributed by atoms with Crippen molar-refractivity contribution in [3.63, 3.8) is 0 Å². The van der Waals surface area contributed by atoms with Crippen molar-refractivity contribution in [1.82, 2.24) is 5.16 Å². The Balaban J connectivity index is 2.24. The highest BCUT2D eigenvalue weighted by Crippen LogP contribution is 2.19. The van der Waals surface area contributed by atoms with E-state index in [1.54, 1.807) is 0 Å². The number of halogens is 2. The molecule has 2 rings (SSSR count). The third-order valence-electron chi connectivity index (χ3n) is 1.86. The quantitative estimate of drug-likeness (QED) is 0.923. The fourth-order valence-electron chi connectivity index (χ4n) is 1.14. The van der Waals surface area contributed by atoms with Crippen LogP contribution in [0.5, 0.6) is 0 Å². The van der Waals surface area contributed by atoms with E-state index in [9.17, 15) is 9.18 Å². The van der Waals surface area contributed by atoms with Gasteiger partial charge < -0.3 is 9.84 Å². The molecule has 16 heavy (non-hydrogen) atoms. The van der Waals surface area contributed by atoms with Gasteiger partial charge in [0.05, 0.1) is 11.8 Å². The Bertz CT molecular complexity index is 514. The number of rotatable bonds is 2. The maximum absolute atomic E-state index is 13.0. The standard InChI is InChI=1S/C10H6BrFN2O2/c11-9-2-1-6(12)3-8(9)10(15)14-7-4-13-16-5-7/h1-5H,(H,14,15). The number of hydrogen-bond donors (Lipinski definition) is 1. The normalized spacial score (nSPS) is 10.1. The van der Waals surface area contributed by atoms with Crippen LogP contribution in [0, 0.1) is 5.82 Å². The topological polar surface area (TPSA) is 55.1 Å². The van der Waals surface area contributed by atoms with Crippen LogP contribution in [-0.2, 0) is 0 Å². The van der Waals surface area contributed by atoms with Gasteiger partial charge in [-0.25, -0.2) is 4.39 Å². The number of amides is 1. The van der Waals surface area contributed by atoms with Crippen LogP contribution in [0.4, 0.5) is 10.1 Å². The number of benzene rings is 1. The van der Waals surface area contributed by atoms with Crippen molar-refractivity contribution in [2.75, 3.05) is 5.32 Å². The minimum absolute atomic E-state index is 0.209. The van der Waals surface area contributed by atoms with Gasteiger partial charge in [-0.3, -0.25) is 4.79 Å². The lowest BCUT2D eigenvalue weighted by molar-refractivity contribution is 0.102. The summed E-state index contributed by atoms with van der Waals surface area (Å²) in [6, 6.07) is 3.88. The summed E-state index contributed by atoms with van der Waals surface area (Å²) < 4.78 is 18.0. The van der Waals surface area contributed by atoms with E-state index in [2.05, 4.69) is 30.9 Å². The van der Waals surface area contributed by atoms with Gasteiger partial charge >= 0.3 is 0 Å². The van der Waals surface area contributed by atoms with E-state index in [1.807, 2.05) is 0 Å². The van der Waals surface area contributed by atoms with Gasteiger partial charge in [0, 0.05) is 4.47 Å². The highest BCUT2D eigenvalue weighted by molar-refractivity contribution is 9.10. The summed E-state index contributed by atoms with van der Waals surface area (Å²) in [5.41, 5.74) is 0.627. The van der Waals surface area contributed by atoms with E-state index in [4.69, 9.17) is 0 Å². The average Bonchev–Trinajstić information content (AvgIpc) is 2.74. The first kappa shape index (κ1) is 10.8. The second-order valence-electron chi connectivity index (χ2n) is 2.99. The van der Waals surface area contributed by atoms with Gasteiger partial charge in [-0.2, -0.15) is 0 Å². The van der Waals surface area contributed by atoms with Crippen LogP contribution < -0.4 is 5.32 Å². The number of nitrogens with zero attached hydrogens (tertiary/aromatic N) is 1. The summed E-state index contributed by atoms with van der Waals surface area (Å²) >= 11 is 3.17. The zero-order valence-electron chi connectivity index (χ0n) is 7.91. The molecule has 1 aromatic carbocycles. The summed E-state index contributed by atoms with van der Waals surface area (Å²) in [6.07, 6.45) is 2.64. The van der Waals surface area contributed by atoms with Crippen LogP contribution in [0.1, 0.15) is 10.4 Å². The molecule has 82 valence electrons. The van der Waals surface area contributed by atoms with Crippen molar-refractivity contribution in [1.29, 1.82) is 0 Å². The molecule has 4 nitrogen and oxygen atoms in total. The first-order chi connectivity index (χ1) is 7.66. The molecule has 0 aliphatic rings. The van der Waals surface area contributed by atoms with E-state index in [1.165, 1.54) is 24.6 Å². The SMILES string of the molecule is O=C(Nc1cnoc1)c1cc(F)ccc1Br. The van der Waals surface area contributed by atoms with Gasteiger partial charge in [0.25, 0.3) is 5.91 Å². The summed E-state index contributed by atoms with van der Waals surface area (Å²) in [4.78, 5) is 11.7. The lowest BCUT2D eigenvalue weighted by Crippen LogP contribution is -2.12. The third-order valence-corrected chi connectivity index (χ3v) is 2.55. The maximum Gasteiger partial charge on any atom is 0.257 e. The molecule has 0 unspecified atom stereocenters. The monoisotopic (exact) mass is 284 g/mol. The van der Waals surface area contributed by atoms with Gasteiger partial charge in [-0.05, 0) is 34.1 Å². The molecule has 0 fully saturated rings. The maximum atomic E-state index is 13.0. The predicted octanol–water partition coefficient (Wildman–Crippen LogP) is 2.83. The van der Waals surface area contributed by atoms with Crippen LogP contribution in [0.3, 0.4) is 0 Å². The number of hydrogen-bond acceptors (Lipinski definition) is 3. The molecule has 1 aromatic heterocycles. The Morgan fingerprint density at radius 1 is 1.50 bits per heavy atom. The second kappa shape index (κ2) is 4.44. The van der Waals surface area contributed by atoms with Crippen molar-refractivity contribution >= 4 is 27.5 Å². The van der Waals surface area contributed by atoms with Crippen LogP contribution in [-0.4, -0.2) is 11.1 Å². The van der Waals surface area contributed by atoms with Crippen molar-refractivity contribution < 1.29 is 13.7 Å². The number of carbonyl (C=O) groups excluding carboxylic acids is 1. The highest BCUT2D eigenvalue weighted by Gasteiger charge is 2.11. The van der Waals surface area contributed by atoms with Gasteiger partial charge in [-0.1, -0.05) is 5.16 Å². The molecule has 0 saturated carbocycles. The van der Waals surface area contributed by atoms with E-state index in [0.29, 0.717) is 10.2 Å². The molecule has 1 amide bonds. The highest BCUT2D eigenvalue weighted by atomic mass is 79.9. The first-order valence-electron chi connectivity index (χ1n) is 4.32. The van der Waals surface area contributed by atoms with Crippen molar-refractivity contribution in [2.24, 2.45) is 0 Å². The Morgan fingerprint density at radius 2 is 2.31 bits per heavy atom.